The van der Waals surface area contributed by atoms with Gasteiger partial charge in [0.05, 0.1) is 11.3 Å². The van der Waals surface area contributed by atoms with E-state index in [9.17, 15) is 14.7 Å². The van der Waals surface area contributed by atoms with E-state index in [4.69, 9.17) is 11.5 Å². The zero-order valence-corrected chi connectivity index (χ0v) is 14.3. The van der Waals surface area contributed by atoms with E-state index in [1.807, 2.05) is 13.8 Å². The molecule has 0 aliphatic heterocycles. The number of anilines is 1. The molecule has 2 heterocycles. The largest absolute Gasteiger partial charge is 0.508 e. The van der Waals surface area contributed by atoms with Crippen LogP contribution in [0.4, 0.5) is 5.82 Å². The summed E-state index contributed by atoms with van der Waals surface area (Å²) < 4.78 is 1.68. The first-order chi connectivity index (χ1) is 11.2. The maximum absolute atomic E-state index is 13.0. The van der Waals surface area contributed by atoms with Crippen molar-refractivity contribution in [1.29, 1.82) is 0 Å². The fraction of sp³-hybridized carbons (Fsp3) is 0.176. The monoisotopic (exact) mass is 343 g/mol. The van der Waals surface area contributed by atoms with Crippen LogP contribution in [-0.2, 0) is 0 Å². The first kappa shape index (κ1) is 16.1. The predicted octanol–water partition coefficient (Wildman–Crippen LogP) is 2.36. The topological polar surface area (TPSA) is 111 Å². The van der Waals surface area contributed by atoms with Crippen LogP contribution < -0.4 is 17.0 Å². The molecule has 0 aliphatic carbocycles. The fourth-order valence-corrected chi connectivity index (χ4v) is 3.92. The van der Waals surface area contributed by atoms with Crippen molar-refractivity contribution >= 4 is 33.1 Å². The van der Waals surface area contributed by atoms with Crippen molar-refractivity contribution in [3.63, 3.8) is 0 Å². The van der Waals surface area contributed by atoms with Crippen molar-refractivity contribution < 1.29 is 9.90 Å². The molecule has 0 spiro atoms. The molecule has 0 saturated carbocycles. The third-order valence-corrected chi connectivity index (χ3v) is 5.13. The van der Waals surface area contributed by atoms with Gasteiger partial charge in [-0.05, 0) is 38.5 Å². The van der Waals surface area contributed by atoms with Gasteiger partial charge in [-0.1, -0.05) is 6.07 Å². The van der Waals surface area contributed by atoms with E-state index in [1.54, 1.807) is 25.1 Å². The van der Waals surface area contributed by atoms with Crippen LogP contribution in [0.25, 0.3) is 15.8 Å². The van der Waals surface area contributed by atoms with Crippen LogP contribution in [0, 0.1) is 20.8 Å². The highest BCUT2D eigenvalue weighted by molar-refractivity contribution is 7.19. The quantitative estimate of drug-likeness (QED) is 0.663. The number of carbonyl (C=O) groups excluding carboxylic acids is 1. The fourth-order valence-electron chi connectivity index (χ4n) is 2.97. The van der Waals surface area contributed by atoms with Crippen LogP contribution in [0.5, 0.6) is 5.75 Å². The summed E-state index contributed by atoms with van der Waals surface area (Å²) in [5.74, 6) is -0.668. The summed E-state index contributed by atoms with van der Waals surface area (Å²) in [7, 11) is 0. The number of thiophene rings is 1. The third kappa shape index (κ3) is 2.16. The van der Waals surface area contributed by atoms with Gasteiger partial charge in [0.1, 0.15) is 16.3 Å². The SMILES string of the molecule is Cc1cc2c(C(N)=O)c(N)n(-c3c(C)ccc(O)c3C)c(=O)c2s1. The Morgan fingerprint density at radius 3 is 2.54 bits per heavy atom. The van der Waals surface area contributed by atoms with Crippen molar-refractivity contribution in [2.75, 3.05) is 5.73 Å². The van der Waals surface area contributed by atoms with Gasteiger partial charge in [0.2, 0.25) is 0 Å². The van der Waals surface area contributed by atoms with E-state index in [0.29, 0.717) is 21.3 Å². The van der Waals surface area contributed by atoms with Gasteiger partial charge in [-0.15, -0.1) is 11.3 Å². The number of rotatable bonds is 2. The number of aromatic nitrogens is 1. The maximum atomic E-state index is 13.0. The lowest BCUT2D eigenvalue weighted by molar-refractivity contribution is 0.100. The lowest BCUT2D eigenvalue weighted by Crippen LogP contribution is -2.27. The summed E-state index contributed by atoms with van der Waals surface area (Å²) in [5.41, 5.74) is 13.2. The van der Waals surface area contributed by atoms with E-state index in [1.165, 1.54) is 15.9 Å². The Hall–Kier alpha value is -2.80. The van der Waals surface area contributed by atoms with Crippen molar-refractivity contribution in [3.8, 4) is 11.4 Å². The van der Waals surface area contributed by atoms with Gasteiger partial charge in [0, 0.05) is 15.8 Å². The Balaban J connectivity index is 2.58. The van der Waals surface area contributed by atoms with E-state index < -0.39 is 5.91 Å². The summed E-state index contributed by atoms with van der Waals surface area (Å²) in [6, 6.07) is 4.99. The minimum Gasteiger partial charge on any atom is -0.508 e. The summed E-state index contributed by atoms with van der Waals surface area (Å²) >= 11 is 1.28. The molecule has 2 aromatic heterocycles. The highest BCUT2D eigenvalue weighted by Crippen LogP contribution is 2.33. The number of fused-ring (bicyclic) bond motifs is 1. The molecule has 0 bridgehead atoms. The van der Waals surface area contributed by atoms with Crippen LogP contribution in [0.2, 0.25) is 0 Å². The number of benzene rings is 1. The number of aryl methyl sites for hydroxylation is 2. The molecule has 1 aromatic carbocycles. The molecule has 0 unspecified atom stereocenters. The van der Waals surface area contributed by atoms with Crippen LogP contribution in [0.15, 0.2) is 23.0 Å². The molecular weight excluding hydrogens is 326 g/mol. The van der Waals surface area contributed by atoms with Gasteiger partial charge < -0.3 is 16.6 Å². The second-order valence-corrected chi connectivity index (χ2v) is 7.00. The average Bonchev–Trinajstić information content (AvgIpc) is 2.87. The van der Waals surface area contributed by atoms with Crippen molar-refractivity contribution in [2.24, 2.45) is 5.73 Å². The Morgan fingerprint density at radius 1 is 1.25 bits per heavy atom. The number of carbonyl (C=O) groups is 1. The van der Waals surface area contributed by atoms with Crippen LogP contribution in [0.1, 0.15) is 26.4 Å². The first-order valence-corrected chi connectivity index (χ1v) is 8.09. The van der Waals surface area contributed by atoms with Crippen LogP contribution in [-0.4, -0.2) is 15.6 Å². The minimum absolute atomic E-state index is 0.0189. The van der Waals surface area contributed by atoms with Crippen molar-refractivity contribution in [3.05, 3.63) is 50.1 Å². The third-order valence-electron chi connectivity index (χ3n) is 4.09. The lowest BCUT2D eigenvalue weighted by Gasteiger charge is -2.18. The summed E-state index contributed by atoms with van der Waals surface area (Å²) in [4.78, 5) is 25.9. The summed E-state index contributed by atoms with van der Waals surface area (Å²) in [5, 5.41) is 10.5. The smallest absolute Gasteiger partial charge is 0.274 e. The van der Waals surface area contributed by atoms with Crippen LogP contribution in [0.3, 0.4) is 0 Å². The number of hydrogen-bond donors (Lipinski definition) is 3. The van der Waals surface area contributed by atoms with E-state index >= 15 is 0 Å². The van der Waals surface area contributed by atoms with Crippen molar-refractivity contribution in [2.45, 2.75) is 20.8 Å². The number of hydrogen-bond acceptors (Lipinski definition) is 5. The van der Waals surface area contributed by atoms with E-state index in [0.717, 1.165) is 10.4 Å². The molecular formula is C17H17N3O3S. The van der Waals surface area contributed by atoms with E-state index in [2.05, 4.69) is 0 Å². The van der Waals surface area contributed by atoms with E-state index in [-0.39, 0.29) is 22.7 Å². The number of phenolic OH excluding ortho intramolecular Hbond substituents is 1. The molecule has 0 fully saturated rings. The number of pyridine rings is 1. The number of phenols is 1. The molecule has 6 nitrogen and oxygen atoms in total. The standard InChI is InChI=1S/C17H17N3O3S/c1-7-4-5-11(21)9(3)13(7)20-15(18)12(16(19)22)10-6-8(2)24-14(10)17(20)23/h4-6,21H,18H2,1-3H3,(H2,19,22). The highest BCUT2D eigenvalue weighted by atomic mass is 32.1. The Kier molecular flexibility index (Phi) is 3.60. The van der Waals surface area contributed by atoms with Gasteiger partial charge in [-0.2, -0.15) is 0 Å². The highest BCUT2D eigenvalue weighted by Gasteiger charge is 2.23. The molecule has 0 aliphatic rings. The van der Waals surface area contributed by atoms with Crippen LogP contribution >= 0.6 is 11.3 Å². The summed E-state index contributed by atoms with van der Waals surface area (Å²) in [6.45, 7) is 5.35. The number of nitrogens with zero attached hydrogens (tertiary/aromatic N) is 1. The second kappa shape index (κ2) is 5.38. The molecule has 124 valence electrons. The predicted molar refractivity (Wildman–Crippen MR) is 96.2 cm³/mol. The lowest BCUT2D eigenvalue weighted by atomic mass is 10.1. The van der Waals surface area contributed by atoms with Gasteiger partial charge in [0.25, 0.3) is 11.5 Å². The maximum Gasteiger partial charge on any atom is 0.274 e. The molecule has 0 radical (unpaired) electrons. The zero-order chi connectivity index (χ0) is 17.8. The molecule has 24 heavy (non-hydrogen) atoms. The normalized spacial score (nSPS) is 11.1. The molecule has 0 saturated heterocycles. The minimum atomic E-state index is -0.695. The Labute approximate surface area is 141 Å². The summed E-state index contributed by atoms with van der Waals surface area (Å²) in [6.07, 6.45) is 0. The van der Waals surface area contributed by atoms with Gasteiger partial charge >= 0.3 is 0 Å². The molecule has 1 amide bonds. The number of primary amides is 1. The Bertz CT molecular complexity index is 1060. The molecule has 5 N–H and O–H groups in total. The first-order valence-electron chi connectivity index (χ1n) is 7.28. The number of amides is 1. The molecule has 3 aromatic rings. The van der Waals surface area contributed by atoms with Crippen molar-refractivity contribution in [1.82, 2.24) is 4.57 Å². The molecule has 0 atom stereocenters. The van der Waals surface area contributed by atoms with Gasteiger partial charge in [-0.25, -0.2) is 0 Å². The molecule has 7 heteroatoms. The Morgan fingerprint density at radius 2 is 1.92 bits per heavy atom. The number of aromatic hydroxyl groups is 1. The molecule has 3 rings (SSSR count). The second-order valence-electron chi connectivity index (χ2n) is 5.74. The average molecular weight is 343 g/mol. The zero-order valence-electron chi connectivity index (χ0n) is 13.5. The van der Waals surface area contributed by atoms with Gasteiger partial charge in [-0.3, -0.25) is 14.2 Å². The number of nitrogen functional groups attached to an aromatic ring is 1. The number of nitrogens with two attached hydrogens (primary N) is 2. The van der Waals surface area contributed by atoms with Gasteiger partial charge in [0.15, 0.2) is 0 Å².